The number of ether oxygens (including phenoxy) is 1. The zero-order chi connectivity index (χ0) is 24.6. The molecule has 0 aromatic heterocycles. The van der Waals surface area contributed by atoms with Gasteiger partial charge in [0.25, 0.3) is 0 Å². The third-order valence-electron chi connectivity index (χ3n) is 4.76. The van der Waals surface area contributed by atoms with E-state index in [1.165, 1.54) is 4.90 Å². The van der Waals surface area contributed by atoms with Gasteiger partial charge >= 0.3 is 6.09 Å². The van der Waals surface area contributed by atoms with E-state index < -0.39 is 23.8 Å². The van der Waals surface area contributed by atoms with Crippen molar-refractivity contribution < 1.29 is 19.1 Å². The van der Waals surface area contributed by atoms with Gasteiger partial charge in [-0.2, -0.15) is 12.6 Å². The maximum atomic E-state index is 13.5. The number of carbonyl (C=O) groups is 3. The molecule has 7 nitrogen and oxygen atoms in total. The molecule has 32 heavy (non-hydrogen) atoms. The summed E-state index contributed by atoms with van der Waals surface area (Å²) in [5, 5.41) is 5.54. The molecule has 0 aliphatic rings. The molecule has 0 heterocycles. The lowest BCUT2D eigenvalue weighted by molar-refractivity contribution is -0.142. The largest absolute Gasteiger partial charge is 0.444 e. The second-order valence-corrected chi connectivity index (χ2v) is 9.69. The van der Waals surface area contributed by atoms with Crippen LogP contribution >= 0.6 is 12.6 Å². The number of nitrogens with one attached hydrogen (secondary N) is 2. The average molecular weight is 466 g/mol. The van der Waals surface area contributed by atoms with Gasteiger partial charge in [0.05, 0.1) is 0 Å². The number of carbonyl (C=O) groups excluding carboxylic acids is 3. The molecule has 2 unspecified atom stereocenters. The average Bonchev–Trinajstić information content (AvgIpc) is 2.66. The maximum absolute atomic E-state index is 13.5. The van der Waals surface area contributed by atoms with Gasteiger partial charge in [-0.1, -0.05) is 25.1 Å². The van der Waals surface area contributed by atoms with Crippen LogP contribution in [0, 0.1) is 13.8 Å². The molecule has 0 saturated carbocycles. The number of benzene rings is 1. The van der Waals surface area contributed by atoms with Gasteiger partial charge in [0.1, 0.15) is 17.7 Å². The first-order chi connectivity index (χ1) is 14.8. The minimum Gasteiger partial charge on any atom is -0.444 e. The fraction of sp³-hybridized carbons (Fsp3) is 0.625. The van der Waals surface area contributed by atoms with Crippen molar-refractivity contribution >= 4 is 30.5 Å². The van der Waals surface area contributed by atoms with Crippen LogP contribution in [0.1, 0.15) is 70.7 Å². The quantitative estimate of drug-likeness (QED) is 0.482. The first-order valence-electron chi connectivity index (χ1n) is 11.1. The highest BCUT2D eigenvalue weighted by Gasteiger charge is 2.35. The third kappa shape index (κ3) is 8.37. The van der Waals surface area contributed by atoms with Crippen molar-refractivity contribution in [1.29, 1.82) is 0 Å². The van der Waals surface area contributed by atoms with Crippen molar-refractivity contribution in [2.24, 2.45) is 0 Å². The number of amides is 3. The van der Waals surface area contributed by atoms with Crippen LogP contribution in [0.4, 0.5) is 4.79 Å². The molecule has 1 aromatic rings. The number of alkyl carbamates (subject to hydrolysis) is 1. The van der Waals surface area contributed by atoms with E-state index in [1.54, 1.807) is 20.8 Å². The molecule has 1 rings (SSSR count). The summed E-state index contributed by atoms with van der Waals surface area (Å²) in [5.74, 6) is -0.570. The Morgan fingerprint density at radius 2 is 1.72 bits per heavy atom. The lowest BCUT2D eigenvalue weighted by Gasteiger charge is -2.34. The van der Waals surface area contributed by atoms with Crippen LogP contribution in [0.5, 0.6) is 0 Å². The van der Waals surface area contributed by atoms with Crippen molar-refractivity contribution in [2.75, 3.05) is 12.3 Å². The minimum absolute atomic E-state index is 0.0732. The van der Waals surface area contributed by atoms with Crippen molar-refractivity contribution in [2.45, 2.75) is 85.5 Å². The predicted molar refractivity (Wildman–Crippen MR) is 131 cm³/mol. The summed E-state index contributed by atoms with van der Waals surface area (Å²) >= 11 is 4.28. The van der Waals surface area contributed by atoms with Gasteiger partial charge in [0.15, 0.2) is 0 Å². The summed E-state index contributed by atoms with van der Waals surface area (Å²) in [6, 6.07) is 3.92. The molecule has 0 saturated heterocycles. The summed E-state index contributed by atoms with van der Waals surface area (Å²) < 4.78 is 5.30. The number of aryl methyl sites for hydroxylation is 2. The Labute approximate surface area is 198 Å². The molecule has 0 radical (unpaired) electrons. The highest BCUT2D eigenvalue weighted by Crippen LogP contribution is 2.25. The van der Waals surface area contributed by atoms with E-state index in [-0.39, 0.29) is 23.6 Å². The summed E-state index contributed by atoms with van der Waals surface area (Å²) in [4.78, 5) is 40.6. The molecule has 0 fully saturated rings. The van der Waals surface area contributed by atoms with E-state index in [0.717, 1.165) is 16.7 Å². The Kier molecular flexibility index (Phi) is 10.5. The number of hydrogen-bond donors (Lipinski definition) is 3. The van der Waals surface area contributed by atoms with Crippen molar-refractivity contribution in [3.05, 3.63) is 34.9 Å². The topological polar surface area (TPSA) is 87.7 Å². The number of thiol groups is 1. The first kappa shape index (κ1) is 27.8. The summed E-state index contributed by atoms with van der Waals surface area (Å²) in [7, 11) is 0. The zero-order valence-corrected chi connectivity index (χ0v) is 21.5. The van der Waals surface area contributed by atoms with Crippen LogP contribution in [0.2, 0.25) is 0 Å². The summed E-state index contributed by atoms with van der Waals surface area (Å²) in [5.41, 5.74) is 2.16. The molecular formula is C24H39N3O4S. The normalized spacial score (nSPS) is 13.3. The molecular weight excluding hydrogens is 426 g/mol. The Morgan fingerprint density at radius 3 is 2.19 bits per heavy atom. The minimum atomic E-state index is -0.930. The Balaban J connectivity index is 3.35. The Bertz CT molecular complexity index is 805. The van der Waals surface area contributed by atoms with Gasteiger partial charge in [-0.05, 0) is 71.6 Å². The Morgan fingerprint density at radius 1 is 1.09 bits per heavy atom. The van der Waals surface area contributed by atoms with Gasteiger partial charge in [-0.15, -0.1) is 0 Å². The highest BCUT2D eigenvalue weighted by molar-refractivity contribution is 7.80. The predicted octanol–water partition coefficient (Wildman–Crippen LogP) is 3.93. The fourth-order valence-electron chi connectivity index (χ4n) is 3.21. The molecule has 2 atom stereocenters. The lowest BCUT2D eigenvalue weighted by atomic mass is 9.98. The SMILES string of the molecule is CCCN(C(=O)C(CS)NC(=O)OC(C)(C)C)C(C(=O)NC(C)C)c1ccc(C)c(C)c1. The zero-order valence-electron chi connectivity index (χ0n) is 20.6. The van der Waals surface area contributed by atoms with E-state index in [2.05, 4.69) is 23.3 Å². The standard InChI is InChI=1S/C24H39N3O4S/c1-9-12-27(22(29)19(14-32)26-23(30)31-24(6,7)8)20(21(28)25-15(2)3)18-11-10-16(4)17(5)13-18/h10-11,13,15,19-20,32H,9,12,14H2,1-8H3,(H,25,28)(H,26,30). The number of hydrogen-bond acceptors (Lipinski definition) is 5. The smallest absolute Gasteiger partial charge is 0.408 e. The van der Waals surface area contributed by atoms with Crippen LogP contribution in [-0.4, -0.2) is 52.8 Å². The molecule has 2 N–H and O–H groups in total. The summed E-state index contributed by atoms with van der Waals surface area (Å²) in [6.07, 6.45) is -0.0518. The van der Waals surface area contributed by atoms with Crippen LogP contribution in [0.15, 0.2) is 18.2 Å². The first-order valence-corrected chi connectivity index (χ1v) is 11.7. The van der Waals surface area contributed by atoms with Crippen molar-refractivity contribution in [3.8, 4) is 0 Å². The van der Waals surface area contributed by atoms with E-state index in [4.69, 9.17) is 4.74 Å². The molecule has 0 aliphatic carbocycles. The Hall–Kier alpha value is -2.22. The van der Waals surface area contributed by atoms with Gasteiger partial charge in [-0.3, -0.25) is 9.59 Å². The molecule has 180 valence electrons. The fourth-order valence-corrected chi connectivity index (χ4v) is 3.46. The van der Waals surface area contributed by atoms with Crippen molar-refractivity contribution in [3.63, 3.8) is 0 Å². The van der Waals surface area contributed by atoms with E-state index in [0.29, 0.717) is 13.0 Å². The molecule has 0 aliphatic heterocycles. The monoisotopic (exact) mass is 465 g/mol. The van der Waals surface area contributed by atoms with Crippen LogP contribution in [0.3, 0.4) is 0 Å². The number of rotatable bonds is 9. The summed E-state index contributed by atoms with van der Waals surface area (Å²) in [6.45, 7) is 15.3. The van der Waals surface area contributed by atoms with Crippen LogP contribution in [0.25, 0.3) is 0 Å². The van der Waals surface area contributed by atoms with Crippen molar-refractivity contribution in [1.82, 2.24) is 15.5 Å². The molecule has 8 heteroatoms. The maximum Gasteiger partial charge on any atom is 0.408 e. The molecule has 3 amide bonds. The third-order valence-corrected chi connectivity index (χ3v) is 5.12. The molecule has 1 aromatic carbocycles. The van der Waals surface area contributed by atoms with Gasteiger partial charge in [0.2, 0.25) is 11.8 Å². The van der Waals surface area contributed by atoms with E-state index in [1.807, 2.05) is 52.8 Å². The second-order valence-electron chi connectivity index (χ2n) is 9.32. The number of nitrogens with zero attached hydrogens (tertiary/aromatic N) is 1. The highest BCUT2D eigenvalue weighted by atomic mass is 32.1. The van der Waals surface area contributed by atoms with Crippen LogP contribution in [-0.2, 0) is 14.3 Å². The van der Waals surface area contributed by atoms with Gasteiger partial charge in [0, 0.05) is 18.3 Å². The van der Waals surface area contributed by atoms with E-state index >= 15 is 0 Å². The molecule has 0 spiro atoms. The molecule has 0 bridgehead atoms. The van der Waals surface area contributed by atoms with E-state index in [9.17, 15) is 14.4 Å². The van der Waals surface area contributed by atoms with Gasteiger partial charge in [-0.25, -0.2) is 4.79 Å². The second kappa shape index (κ2) is 12.1. The lowest BCUT2D eigenvalue weighted by Crippen LogP contribution is -2.54. The van der Waals surface area contributed by atoms with Crippen LogP contribution < -0.4 is 10.6 Å². The van der Waals surface area contributed by atoms with Gasteiger partial charge < -0.3 is 20.3 Å².